The highest BCUT2D eigenvalue weighted by molar-refractivity contribution is 7.99. The average Bonchev–Trinajstić information content (AvgIpc) is 3.52. The van der Waals surface area contributed by atoms with Crippen LogP contribution in [-0.4, -0.2) is 95.3 Å². The van der Waals surface area contributed by atoms with Gasteiger partial charge in [0.05, 0.1) is 33.1 Å². The van der Waals surface area contributed by atoms with Gasteiger partial charge in [-0.05, 0) is 80.4 Å². The van der Waals surface area contributed by atoms with Gasteiger partial charge in [0, 0.05) is 50.5 Å². The fourth-order valence-corrected chi connectivity index (χ4v) is 7.99. The van der Waals surface area contributed by atoms with Crippen molar-refractivity contribution in [2.24, 2.45) is 0 Å². The average molecular weight is 739 g/mol. The van der Waals surface area contributed by atoms with Gasteiger partial charge < -0.3 is 29.9 Å². The molecule has 2 aromatic heterocycles. The van der Waals surface area contributed by atoms with Crippen LogP contribution in [0, 0.1) is 13.8 Å². The van der Waals surface area contributed by atoms with Crippen LogP contribution < -0.4 is 10.6 Å². The largest absolute Gasteiger partial charge is 0.459 e. The lowest BCUT2D eigenvalue weighted by Crippen LogP contribution is -2.30. The van der Waals surface area contributed by atoms with Crippen molar-refractivity contribution in [3.8, 4) is 0 Å². The molecule has 0 aromatic carbocycles. The van der Waals surface area contributed by atoms with E-state index in [-0.39, 0.29) is 69.8 Å². The summed E-state index contributed by atoms with van der Waals surface area (Å²) < 4.78 is 10.8. The van der Waals surface area contributed by atoms with Crippen LogP contribution in [-0.2, 0) is 19.1 Å². The first-order chi connectivity index (χ1) is 23.1. The van der Waals surface area contributed by atoms with Gasteiger partial charge in [0.1, 0.15) is 10.0 Å². The number of nitrogens with one attached hydrogen (secondary N) is 2. The van der Waals surface area contributed by atoms with Crippen LogP contribution >= 0.6 is 34.4 Å². The number of amides is 4. The lowest BCUT2D eigenvalue weighted by atomic mass is 10.1. The summed E-state index contributed by atoms with van der Waals surface area (Å²) in [5.74, 6) is -1.53. The number of carbonyl (C=O) groups excluding carboxylic acids is 6. The Morgan fingerprint density at radius 2 is 0.959 bits per heavy atom. The molecule has 2 heterocycles. The molecular weight excluding hydrogens is 689 g/mol. The number of nitrogens with zero attached hydrogens (tertiary/aromatic N) is 2. The van der Waals surface area contributed by atoms with E-state index in [9.17, 15) is 28.8 Å². The molecule has 0 saturated heterocycles. The summed E-state index contributed by atoms with van der Waals surface area (Å²) in [5.41, 5.74) is 1.28. The quantitative estimate of drug-likeness (QED) is 0.127. The second kappa shape index (κ2) is 19.7. The Bertz CT molecular complexity index is 1400. The Balaban J connectivity index is 2.07. The number of esters is 2. The smallest absolute Gasteiger partial charge is 0.341 e. The van der Waals surface area contributed by atoms with E-state index in [2.05, 4.69) is 10.6 Å². The van der Waals surface area contributed by atoms with Crippen molar-refractivity contribution in [2.75, 3.05) is 48.3 Å². The molecule has 0 atom stereocenters. The van der Waals surface area contributed by atoms with Crippen LogP contribution in [0.5, 0.6) is 0 Å². The summed E-state index contributed by atoms with van der Waals surface area (Å²) in [6.45, 7) is 19.8. The van der Waals surface area contributed by atoms with Crippen molar-refractivity contribution in [2.45, 2.75) is 94.3 Å². The number of ether oxygens (including phenoxy) is 2. The van der Waals surface area contributed by atoms with Crippen molar-refractivity contribution < 1.29 is 38.2 Å². The normalized spacial score (nSPS) is 11.0. The zero-order valence-corrected chi connectivity index (χ0v) is 32.6. The van der Waals surface area contributed by atoms with Gasteiger partial charge in [0.2, 0.25) is 11.8 Å². The number of hydrogen-bond donors (Lipinski definition) is 2. The molecule has 0 saturated carbocycles. The molecule has 0 spiro atoms. The van der Waals surface area contributed by atoms with E-state index in [0.717, 1.165) is 22.7 Å². The molecule has 0 aliphatic rings. The van der Waals surface area contributed by atoms with Gasteiger partial charge in [-0.2, -0.15) is 11.8 Å². The van der Waals surface area contributed by atoms with Crippen molar-refractivity contribution in [3.05, 3.63) is 32.0 Å². The predicted octanol–water partition coefficient (Wildman–Crippen LogP) is 6.61. The number of thioether (sulfide) groups is 1. The molecule has 2 N–H and O–H groups in total. The zero-order chi connectivity index (χ0) is 37.0. The molecule has 4 amide bonds. The Hall–Kier alpha value is -3.43. The van der Waals surface area contributed by atoms with Gasteiger partial charge in [0.25, 0.3) is 11.8 Å². The standard InChI is InChI=1S/C34H50N4O8S3/c1-11-37(12-2)31(41)27-21(9)25(33(43)45-19(5)6)29(48-27)35-23(39)15-17-47-18-16-24(40)36-30-26(34(44)46-20(7)8)22(10)28(49-30)32(42)38(13-3)14-4/h19-20H,11-18H2,1-10H3,(H,35,39)(H,36,40). The third-order valence-electron chi connectivity index (χ3n) is 7.33. The van der Waals surface area contributed by atoms with E-state index in [1.807, 2.05) is 27.7 Å². The third-order valence-corrected chi connectivity index (χ3v) is 10.7. The highest BCUT2D eigenvalue weighted by Crippen LogP contribution is 2.36. The van der Waals surface area contributed by atoms with Gasteiger partial charge in [-0.15, -0.1) is 22.7 Å². The SMILES string of the molecule is CCN(CC)C(=O)c1sc(NC(=O)CCSCCC(=O)Nc2sc(C(=O)N(CC)CC)c(C)c2C(=O)OC(C)C)c(C(=O)OC(C)C)c1C. The lowest BCUT2D eigenvalue weighted by molar-refractivity contribution is -0.116. The Morgan fingerprint density at radius 1 is 0.633 bits per heavy atom. The topological polar surface area (TPSA) is 151 Å². The van der Waals surface area contributed by atoms with Gasteiger partial charge in [-0.1, -0.05) is 0 Å². The highest BCUT2D eigenvalue weighted by atomic mass is 32.2. The first-order valence-corrected chi connectivity index (χ1v) is 19.3. The van der Waals surface area contributed by atoms with Crippen LogP contribution in [0.25, 0.3) is 0 Å². The first-order valence-electron chi connectivity index (χ1n) is 16.6. The fraction of sp³-hybridized carbons (Fsp3) is 0.588. The second-order valence-corrected chi connectivity index (χ2v) is 14.9. The second-order valence-electron chi connectivity index (χ2n) is 11.6. The summed E-state index contributed by atoms with van der Waals surface area (Å²) in [7, 11) is 0. The van der Waals surface area contributed by atoms with Crippen LogP contribution in [0.15, 0.2) is 0 Å². The summed E-state index contributed by atoms with van der Waals surface area (Å²) >= 11 is 3.52. The number of thiophene rings is 2. The number of hydrogen-bond acceptors (Lipinski definition) is 11. The summed E-state index contributed by atoms with van der Waals surface area (Å²) in [4.78, 5) is 82.1. The molecule has 0 unspecified atom stereocenters. The molecule has 12 nitrogen and oxygen atoms in total. The molecule has 0 fully saturated rings. The molecule has 2 rings (SSSR count). The van der Waals surface area contributed by atoms with Gasteiger partial charge >= 0.3 is 11.9 Å². The van der Waals surface area contributed by atoms with Crippen LogP contribution in [0.3, 0.4) is 0 Å². The van der Waals surface area contributed by atoms with Crippen molar-refractivity contribution in [3.63, 3.8) is 0 Å². The van der Waals surface area contributed by atoms with E-state index >= 15 is 0 Å². The van der Waals surface area contributed by atoms with Crippen molar-refractivity contribution in [1.82, 2.24) is 9.80 Å². The van der Waals surface area contributed by atoms with E-state index in [1.54, 1.807) is 51.3 Å². The third kappa shape index (κ3) is 11.3. The molecular formula is C34H50N4O8S3. The maximum atomic E-state index is 13.1. The molecule has 0 bridgehead atoms. The fourth-order valence-electron chi connectivity index (χ4n) is 4.77. The summed E-state index contributed by atoms with van der Waals surface area (Å²) in [6, 6.07) is 0. The van der Waals surface area contributed by atoms with E-state index in [0.29, 0.717) is 58.6 Å². The summed E-state index contributed by atoms with van der Waals surface area (Å²) in [5, 5.41) is 6.12. The minimum atomic E-state index is -0.607. The monoisotopic (exact) mass is 738 g/mol. The van der Waals surface area contributed by atoms with E-state index in [1.165, 1.54) is 11.8 Å². The lowest BCUT2D eigenvalue weighted by Gasteiger charge is -2.18. The molecule has 2 aromatic rings. The number of carbonyl (C=O) groups is 6. The van der Waals surface area contributed by atoms with Gasteiger partial charge in [0.15, 0.2) is 0 Å². The molecule has 15 heteroatoms. The molecule has 272 valence electrons. The van der Waals surface area contributed by atoms with E-state index in [4.69, 9.17) is 9.47 Å². The van der Waals surface area contributed by atoms with Gasteiger partial charge in [-0.25, -0.2) is 9.59 Å². The van der Waals surface area contributed by atoms with Crippen LogP contribution in [0.2, 0.25) is 0 Å². The highest BCUT2D eigenvalue weighted by Gasteiger charge is 2.30. The van der Waals surface area contributed by atoms with Gasteiger partial charge in [-0.3, -0.25) is 19.2 Å². The Morgan fingerprint density at radius 3 is 1.24 bits per heavy atom. The zero-order valence-electron chi connectivity index (χ0n) is 30.2. The van der Waals surface area contributed by atoms with Crippen molar-refractivity contribution in [1.29, 1.82) is 0 Å². The maximum Gasteiger partial charge on any atom is 0.341 e. The number of anilines is 2. The predicted molar refractivity (Wildman–Crippen MR) is 198 cm³/mol. The first kappa shape index (κ1) is 41.7. The molecule has 0 aliphatic carbocycles. The van der Waals surface area contributed by atoms with Crippen LogP contribution in [0.4, 0.5) is 10.0 Å². The molecule has 49 heavy (non-hydrogen) atoms. The van der Waals surface area contributed by atoms with Crippen molar-refractivity contribution >= 4 is 80.0 Å². The maximum absolute atomic E-state index is 13.1. The Labute approximate surface area is 301 Å². The van der Waals surface area contributed by atoms with Crippen LogP contribution in [0.1, 0.15) is 119 Å². The molecule has 0 aliphatic heterocycles. The minimum absolute atomic E-state index is 0.105. The van der Waals surface area contributed by atoms with E-state index < -0.39 is 11.9 Å². The Kier molecular flexibility index (Phi) is 16.8. The molecule has 0 radical (unpaired) electrons. The number of rotatable bonds is 18. The summed E-state index contributed by atoms with van der Waals surface area (Å²) in [6.07, 6.45) is -0.555. The minimum Gasteiger partial charge on any atom is -0.459 e.